The van der Waals surface area contributed by atoms with Crippen LogP contribution in [0.1, 0.15) is 18.1 Å². The second-order valence-corrected chi connectivity index (χ2v) is 3.47. The number of hydrogen-bond acceptors (Lipinski definition) is 3. The molecule has 0 radical (unpaired) electrons. The Morgan fingerprint density at radius 3 is 2.42 bits per heavy atom. The van der Waals surface area contributed by atoms with Gasteiger partial charge in [-0.1, -0.05) is 6.07 Å². The Morgan fingerprint density at radius 1 is 1.32 bits per heavy atom. The fourth-order valence-corrected chi connectivity index (χ4v) is 1.40. The van der Waals surface area contributed by atoms with E-state index in [1.807, 2.05) is 0 Å². The van der Waals surface area contributed by atoms with Crippen molar-refractivity contribution in [3.63, 3.8) is 0 Å². The van der Waals surface area contributed by atoms with Crippen LogP contribution in [0.3, 0.4) is 0 Å². The molecule has 1 aromatic carbocycles. The van der Waals surface area contributed by atoms with E-state index < -0.39 is 11.7 Å². The summed E-state index contributed by atoms with van der Waals surface area (Å²) in [6, 6.07) is 6.55. The smallest absolute Gasteiger partial charge is 0.419 e. The van der Waals surface area contributed by atoms with Crippen molar-refractivity contribution < 1.29 is 17.9 Å². The second kappa shape index (κ2) is 5.92. The summed E-state index contributed by atoms with van der Waals surface area (Å²) in [5, 5.41) is 17.1. The first-order valence-electron chi connectivity index (χ1n) is 5.28. The molecule has 0 atom stereocenters. The van der Waals surface area contributed by atoms with Crippen molar-refractivity contribution in [1.82, 2.24) is 0 Å². The van der Waals surface area contributed by atoms with Gasteiger partial charge in [-0.05, 0) is 30.7 Å². The average Bonchev–Trinajstić information content (AvgIpc) is 2.36. The number of halogens is 3. The Morgan fingerprint density at radius 2 is 1.95 bits per heavy atom. The van der Waals surface area contributed by atoms with Crippen LogP contribution in [0, 0.1) is 22.7 Å². The number of alkyl halides is 3. The van der Waals surface area contributed by atoms with Gasteiger partial charge in [0.2, 0.25) is 0 Å². The largest absolute Gasteiger partial charge is 0.493 e. The Balaban J connectivity index is 3.32. The predicted octanol–water partition coefficient (Wildman–Crippen LogP) is 3.53. The Kier molecular flexibility index (Phi) is 4.55. The molecule has 3 nitrogen and oxygen atoms in total. The number of nitriles is 2. The molecular weight excluding hydrogens is 257 g/mol. The standard InChI is InChI=1S/C13H9F3N2O/c1-2-19-12-4-3-9(5-10(7-17)8-18)6-11(12)13(14,15)16/h3-6H,2H2,1H3. The molecule has 0 unspecified atom stereocenters. The highest BCUT2D eigenvalue weighted by Crippen LogP contribution is 2.37. The van der Waals surface area contributed by atoms with E-state index in [2.05, 4.69) is 0 Å². The quantitative estimate of drug-likeness (QED) is 0.786. The molecule has 0 N–H and O–H groups in total. The summed E-state index contributed by atoms with van der Waals surface area (Å²) < 4.78 is 43.4. The molecule has 0 saturated carbocycles. The fraction of sp³-hybridized carbons (Fsp3) is 0.231. The highest BCUT2D eigenvalue weighted by molar-refractivity contribution is 5.63. The summed E-state index contributed by atoms with van der Waals surface area (Å²) >= 11 is 0. The fourth-order valence-electron chi connectivity index (χ4n) is 1.40. The maximum Gasteiger partial charge on any atom is 0.419 e. The zero-order chi connectivity index (χ0) is 14.5. The average molecular weight is 266 g/mol. The minimum atomic E-state index is -4.56. The number of rotatable bonds is 3. The van der Waals surface area contributed by atoms with Gasteiger partial charge in [0.05, 0.1) is 12.2 Å². The summed E-state index contributed by atoms with van der Waals surface area (Å²) in [4.78, 5) is 0. The lowest BCUT2D eigenvalue weighted by molar-refractivity contribution is -0.138. The number of ether oxygens (including phenoxy) is 1. The van der Waals surface area contributed by atoms with Crippen LogP contribution in [0.4, 0.5) is 13.2 Å². The van der Waals surface area contributed by atoms with E-state index in [0.29, 0.717) is 0 Å². The van der Waals surface area contributed by atoms with Gasteiger partial charge in [0, 0.05) is 0 Å². The first kappa shape index (κ1) is 14.6. The van der Waals surface area contributed by atoms with E-state index in [-0.39, 0.29) is 23.5 Å². The third-order valence-corrected chi connectivity index (χ3v) is 2.16. The molecule has 0 aromatic heterocycles. The van der Waals surface area contributed by atoms with E-state index in [9.17, 15) is 13.2 Å². The van der Waals surface area contributed by atoms with Crippen molar-refractivity contribution in [3.8, 4) is 17.9 Å². The van der Waals surface area contributed by atoms with Crippen LogP contribution < -0.4 is 4.74 Å². The number of nitrogens with zero attached hydrogens (tertiary/aromatic N) is 2. The second-order valence-electron chi connectivity index (χ2n) is 3.47. The zero-order valence-electron chi connectivity index (χ0n) is 9.95. The van der Waals surface area contributed by atoms with Crippen molar-refractivity contribution in [2.75, 3.05) is 6.61 Å². The van der Waals surface area contributed by atoms with Gasteiger partial charge in [-0.15, -0.1) is 0 Å². The Labute approximate surface area is 108 Å². The summed E-state index contributed by atoms with van der Waals surface area (Å²) in [5.41, 5.74) is -1.08. The summed E-state index contributed by atoms with van der Waals surface area (Å²) in [6.07, 6.45) is -3.47. The van der Waals surface area contributed by atoms with E-state index in [0.717, 1.165) is 12.1 Å². The van der Waals surface area contributed by atoms with Gasteiger partial charge in [0.25, 0.3) is 0 Å². The minimum Gasteiger partial charge on any atom is -0.493 e. The number of allylic oxidation sites excluding steroid dienone is 1. The van der Waals surface area contributed by atoms with Crippen molar-refractivity contribution in [2.24, 2.45) is 0 Å². The summed E-state index contributed by atoms with van der Waals surface area (Å²) in [5.74, 6) is -0.275. The molecule has 0 aliphatic carbocycles. The van der Waals surface area contributed by atoms with E-state index >= 15 is 0 Å². The normalized spacial score (nSPS) is 10.2. The third kappa shape index (κ3) is 3.75. The molecule has 1 aromatic rings. The summed E-state index contributed by atoms with van der Waals surface area (Å²) in [6.45, 7) is 1.69. The van der Waals surface area contributed by atoms with Gasteiger partial charge in [0.15, 0.2) is 0 Å². The van der Waals surface area contributed by atoms with E-state index in [1.165, 1.54) is 12.1 Å². The molecule has 0 fully saturated rings. The molecule has 98 valence electrons. The topological polar surface area (TPSA) is 56.8 Å². The van der Waals surface area contributed by atoms with Crippen LogP contribution in [0.15, 0.2) is 23.8 Å². The minimum absolute atomic E-state index is 0.111. The van der Waals surface area contributed by atoms with Crippen LogP contribution in [-0.2, 0) is 6.18 Å². The van der Waals surface area contributed by atoms with Crippen LogP contribution >= 0.6 is 0 Å². The third-order valence-electron chi connectivity index (χ3n) is 2.16. The van der Waals surface area contributed by atoms with Crippen LogP contribution in [0.5, 0.6) is 5.75 Å². The molecule has 0 spiro atoms. The highest BCUT2D eigenvalue weighted by atomic mass is 19.4. The lowest BCUT2D eigenvalue weighted by Gasteiger charge is -2.13. The lowest BCUT2D eigenvalue weighted by atomic mass is 10.1. The first-order valence-corrected chi connectivity index (χ1v) is 5.28. The van der Waals surface area contributed by atoms with Crippen molar-refractivity contribution >= 4 is 6.08 Å². The van der Waals surface area contributed by atoms with Crippen molar-refractivity contribution in [2.45, 2.75) is 13.1 Å². The summed E-state index contributed by atoms with van der Waals surface area (Å²) in [7, 11) is 0. The highest BCUT2D eigenvalue weighted by Gasteiger charge is 2.34. The molecule has 1 rings (SSSR count). The first-order chi connectivity index (χ1) is 8.92. The lowest BCUT2D eigenvalue weighted by Crippen LogP contribution is -2.09. The van der Waals surface area contributed by atoms with Gasteiger partial charge >= 0.3 is 6.18 Å². The molecule has 0 saturated heterocycles. The molecule has 0 bridgehead atoms. The van der Waals surface area contributed by atoms with Gasteiger partial charge in [-0.2, -0.15) is 23.7 Å². The molecule has 0 amide bonds. The van der Waals surface area contributed by atoms with Crippen LogP contribution in [0.2, 0.25) is 0 Å². The van der Waals surface area contributed by atoms with Crippen molar-refractivity contribution in [1.29, 1.82) is 10.5 Å². The van der Waals surface area contributed by atoms with E-state index in [1.54, 1.807) is 19.1 Å². The van der Waals surface area contributed by atoms with Crippen LogP contribution in [0.25, 0.3) is 6.08 Å². The monoisotopic (exact) mass is 266 g/mol. The predicted molar refractivity (Wildman–Crippen MR) is 61.8 cm³/mol. The van der Waals surface area contributed by atoms with Gasteiger partial charge in [-0.25, -0.2) is 0 Å². The molecule has 0 aliphatic rings. The Hall–Kier alpha value is -2.47. The zero-order valence-corrected chi connectivity index (χ0v) is 9.95. The number of hydrogen-bond donors (Lipinski definition) is 0. The molecular formula is C13H9F3N2O. The van der Waals surface area contributed by atoms with E-state index in [4.69, 9.17) is 15.3 Å². The van der Waals surface area contributed by atoms with Crippen molar-refractivity contribution in [3.05, 3.63) is 34.9 Å². The molecule has 0 aliphatic heterocycles. The van der Waals surface area contributed by atoms with Gasteiger partial charge in [-0.3, -0.25) is 0 Å². The SMILES string of the molecule is CCOc1ccc(C=C(C#N)C#N)cc1C(F)(F)F. The molecule has 0 heterocycles. The molecule has 19 heavy (non-hydrogen) atoms. The van der Waals surface area contributed by atoms with Gasteiger partial charge in [0.1, 0.15) is 23.5 Å². The van der Waals surface area contributed by atoms with Crippen LogP contribution in [-0.4, -0.2) is 6.61 Å². The Bertz CT molecular complexity index is 561. The molecule has 6 heteroatoms. The number of benzene rings is 1. The van der Waals surface area contributed by atoms with Gasteiger partial charge < -0.3 is 4.74 Å². The maximum absolute atomic E-state index is 12.8. The maximum atomic E-state index is 12.8.